The molecule has 0 aromatic heterocycles. The van der Waals surface area contributed by atoms with Gasteiger partial charge < -0.3 is 9.63 Å². The van der Waals surface area contributed by atoms with E-state index < -0.39 is 15.0 Å². The molecule has 6 rings (SSSR count). The van der Waals surface area contributed by atoms with Crippen LogP contribution in [0.15, 0.2) is 42.5 Å². The minimum Gasteiger partial charge on any atom is -0.478 e. The Balaban J connectivity index is 1.56. The number of carboxylic acid groups (broad SMARTS) is 1. The molecule has 4 fully saturated rings. The summed E-state index contributed by atoms with van der Waals surface area (Å²) in [6.07, 6.45) is 7.89. The quantitative estimate of drug-likeness (QED) is 0.350. The molecule has 6 heteroatoms. The average Bonchev–Trinajstić information content (AvgIpc) is 2.80. The highest BCUT2D eigenvalue weighted by molar-refractivity contribution is 6.49. The topological polar surface area (TPSA) is 66.8 Å². The van der Waals surface area contributed by atoms with Crippen molar-refractivity contribution in [1.82, 2.24) is 0 Å². The van der Waals surface area contributed by atoms with Crippen molar-refractivity contribution in [1.29, 1.82) is 0 Å². The average molecular weight is 506 g/mol. The number of aromatic carboxylic acids is 1. The summed E-state index contributed by atoms with van der Waals surface area (Å²) >= 11 is 0. The van der Waals surface area contributed by atoms with Crippen LogP contribution >= 0.6 is 0 Å². The lowest BCUT2D eigenvalue weighted by Gasteiger charge is -2.58. The smallest absolute Gasteiger partial charge is 0.335 e. The Morgan fingerprint density at radius 2 is 1.44 bits per heavy atom. The molecule has 5 nitrogen and oxygen atoms in total. The van der Waals surface area contributed by atoms with E-state index in [9.17, 15) is 14.7 Å². The van der Waals surface area contributed by atoms with Gasteiger partial charge in [0.2, 0.25) is 9.04 Å². The van der Waals surface area contributed by atoms with Gasteiger partial charge in [-0.25, -0.2) is 4.79 Å². The standard InChI is InChI=1S/C30H39NO4Si/c1-29(2,3)25-11-8-23(15-26(25)30-16-19-12-20(17-30)14-21(13-19)18-30)27(32)31(35-36(4)5)24-9-6-22(7-10-24)28(33)34/h6-11,15,19-21,36H,12-14,16-18H2,1-5H3,(H,33,34). The van der Waals surface area contributed by atoms with Gasteiger partial charge in [-0.3, -0.25) is 4.79 Å². The van der Waals surface area contributed by atoms with Crippen LogP contribution in [-0.4, -0.2) is 26.0 Å². The third-order valence-corrected chi connectivity index (χ3v) is 9.17. The Morgan fingerprint density at radius 3 is 1.92 bits per heavy atom. The first-order valence-electron chi connectivity index (χ1n) is 13.4. The van der Waals surface area contributed by atoms with E-state index in [4.69, 9.17) is 4.53 Å². The molecule has 4 aliphatic carbocycles. The fourth-order valence-corrected chi connectivity index (χ4v) is 8.14. The van der Waals surface area contributed by atoms with E-state index in [2.05, 4.69) is 32.9 Å². The molecule has 0 aliphatic heterocycles. The molecule has 0 unspecified atom stereocenters. The lowest BCUT2D eigenvalue weighted by Crippen LogP contribution is -2.49. The summed E-state index contributed by atoms with van der Waals surface area (Å²) in [5, 5.41) is 10.7. The van der Waals surface area contributed by atoms with Crippen molar-refractivity contribution < 1.29 is 19.2 Å². The second-order valence-corrected chi connectivity index (χ2v) is 15.1. The van der Waals surface area contributed by atoms with Crippen molar-refractivity contribution >= 4 is 26.6 Å². The van der Waals surface area contributed by atoms with Crippen molar-refractivity contribution in [3.05, 3.63) is 64.7 Å². The van der Waals surface area contributed by atoms with E-state index in [1.54, 1.807) is 12.1 Å². The van der Waals surface area contributed by atoms with Gasteiger partial charge in [-0.2, -0.15) is 5.06 Å². The van der Waals surface area contributed by atoms with E-state index >= 15 is 0 Å². The fraction of sp³-hybridized carbons (Fsp3) is 0.533. The molecule has 2 aromatic rings. The first-order chi connectivity index (χ1) is 16.9. The van der Waals surface area contributed by atoms with Crippen LogP contribution in [0.25, 0.3) is 0 Å². The molecule has 4 saturated carbocycles. The molecule has 1 amide bonds. The lowest BCUT2D eigenvalue weighted by atomic mass is 9.47. The summed E-state index contributed by atoms with van der Waals surface area (Å²) < 4.78 is 6.11. The zero-order valence-electron chi connectivity index (χ0n) is 22.2. The molecule has 0 radical (unpaired) electrons. The van der Waals surface area contributed by atoms with Gasteiger partial charge in [-0.15, -0.1) is 0 Å². The fourth-order valence-electron chi connectivity index (χ4n) is 7.50. The van der Waals surface area contributed by atoms with Gasteiger partial charge in [-0.1, -0.05) is 26.8 Å². The monoisotopic (exact) mass is 505 g/mol. The molecule has 1 N–H and O–H groups in total. The van der Waals surface area contributed by atoms with Crippen LogP contribution in [0.3, 0.4) is 0 Å². The van der Waals surface area contributed by atoms with Gasteiger partial charge in [0.15, 0.2) is 0 Å². The second kappa shape index (κ2) is 9.14. The number of amides is 1. The van der Waals surface area contributed by atoms with Crippen molar-refractivity contribution in [2.45, 2.75) is 83.2 Å². The number of hydroxylamine groups is 1. The summed E-state index contributed by atoms with van der Waals surface area (Å²) in [6.45, 7) is 10.9. The number of rotatable bonds is 6. The van der Waals surface area contributed by atoms with Crippen LogP contribution < -0.4 is 5.06 Å². The normalized spacial score (nSPS) is 26.9. The Bertz CT molecular complexity index is 1130. The number of nitrogens with zero attached hydrogens (tertiary/aromatic N) is 1. The predicted molar refractivity (Wildman–Crippen MR) is 145 cm³/mol. The lowest BCUT2D eigenvalue weighted by molar-refractivity contribution is -0.00595. The maximum atomic E-state index is 13.9. The predicted octanol–water partition coefficient (Wildman–Crippen LogP) is 6.71. The molecule has 0 spiro atoms. The molecule has 36 heavy (non-hydrogen) atoms. The van der Waals surface area contributed by atoms with Crippen molar-refractivity contribution in [3.8, 4) is 0 Å². The van der Waals surface area contributed by atoms with Crippen molar-refractivity contribution in [2.75, 3.05) is 5.06 Å². The summed E-state index contributed by atoms with van der Waals surface area (Å²) in [7, 11) is -1.62. The summed E-state index contributed by atoms with van der Waals surface area (Å²) in [5.74, 6) is 1.29. The van der Waals surface area contributed by atoms with Crippen LogP contribution in [-0.2, 0) is 15.4 Å². The van der Waals surface area contributed by atoms with Crippen molar-refractivity contribution in [3.63, 3.8) is 0 Å². The Hall–Kier alpha value is -2.44. The minimum atomic E-state index is -1.62. The molecular formula is C30H39NO4Si. The summed E-state index contributed by atoms with van der Waals surface area (Å²) in [4.78, 5) is 25.3. The van der Waals surface area contributed by atoms with Crippen LogP contribution in [0.1, 0.15) is 91.1 Å². The zero-order valence-corrected chi connectivity index (χ0v) is 23.4. The molecule has 2 aromatic carbocycles. The van der Waals surface area contributed by atoms with Gasteiger partial charge in [-0.05, 0) is 128 Å². The highest BCUT2D eigenvalue weighted by Gasteiger charge is 2.52. The first-order valence-corrected chi connectivity index (χ1v) is 16.2. The number of carboxylic acids is 1. The molecular weight excluding hydrogens is 466 g/mol. The molecule has 4 aliphatic rings. The maximum absolute atomic E-state index is 13.9. The SMILES string of the molecule is C[SiH](C)ON(C(=O)c1ccc(C(C)(C)C)c(C23CC4CC(CC(C4)C2)C3)c1)c1ccc(C(=O)O)cc1. The number of benzene rings is 2. The van der Waals surface area contributed by atoms with E-state index in [1.807, 2.05) is 19.2 Å². The van der Waals surface area contributed by atoms with Crippen LogP contribution in [0.4, 0.5) is 5.69 Å². The van der Waals surface area contributed by atoms with E-state index in [1.165, 1.54) is 66.8 Å². The number of carbonyl (C=O) groups excluding carboxylic acids is 1. The molecule has 0 saturated heterocycles. The first kappa shape index (κ1) is 25.2. The van der Waals surface area contributed by atoms with E-state index in [0.717, 1.165) is 17.8 Å². The van der Waals surface area contributed by atoms with Crippen molar-refractivity contribution in [2.24, 2.45) is 17.8 Å². The number of carbonyl (C=O) groups is 2. The van der Waals surface area contributed by atoms with Gasteiger partial charge >= 0.3 is 5.97 Å². The van der Waals surface area contributed by atoms with Gasteiger partial charge in [0.1, 0.15) is 0 Å². The largest absolute Gasteiger partial charge is 0.478 e. The summed E-state index contributed by atoms with van der Waals surface area (Å²) in [5.41, 5.74) is 4.30. The molecule has 192 valence electrons. The number of anilines is 1. The Morgan fingerprint density at radius 1 is 0.917 bits per heavy atom. The van der Waals surface area contributed by atoms with Crippen LogP contribution in [0.5, 0.6) is 0 Å². The van der Waals surface area contributed by atoms with E-state index in [-0.39, 0.29) is 22.3 Å². The van der Waals surface area contributed by atoms with Gasteiger partial charge in [0.05, 0.1) is 11.3 Å². The van der Waals surface area contributed by atoms with Crippen LogP contribution in [0, 0.1) is 17.8 Å². The molecule has 0 heterocycles. The Labute approximate surface area is 216 Å². The number of hydrogen-bond acceptors (Lipinski definition) is 3. The highest BCUT2D eigenvalue weighted by Crippen LogP contribution is 2.61. The third-order valence-electron chi connectivity index (χ3n) is 8.53. The van der Waals surface area contributed by atoms with Gasteiger partial charge in [0, 0.05) is 5.56 Å². The molecule has 0 atom stereocenters. The Kier molecular flexibility index (Phi) is 6.40. The minimum absolute atomic E-state index is 0.00601. The highest BCUT2D eigenvalue weighted by atomic mass is 28.3. The second-order valence-electron chi connectivity index (χ2n) is 12.8. The summed E-state index contributed by atoms with van der Waals surface area (Å²) in [6, 6.07) is 12.7. The zero-order chi connectivity index (χ0) is 25.8. The third kappa shape index (κ3) is 4.66. The van der Waals surface area contributed by atoms with E-state index in [0.29, 0.717) is 11.3 Å². The maximum Gasteiger partial charge on any atom is 0.335 e. The van der Waals surface area contributed by atoms with Crippen LogP contribution in [0.2, 0.25) is 13.1 Å². The molecule has 4 bridgehead atoms. The number of hydrogen-bond donors (Lipinski definition) is 1. The van der Waals surface area contributed by atoms with Gasteiger partial charge in [0.25, 0.3) is 5.91 Å².